The minimum Gasteiger partial charge on any atom is -0.456 e. The van der Waals surface area contributed by atoms with E-state index in [4.69, 9.17) is 4.74 Å². The van der Waals surface area contributed by atoms with Gasteiger partial charge in [0.1, 0.15) is 17.3 Å². The Morgan fingerprint density at radius 1 is 1.16 bits per heavy atom. The number of carbonyl (C=O) groups excluding carboxylic acids is 1. The lowest BCUT2D eigenvalue weighted by molar-refractivity contribution is 0.101. The van der Waals surface area contributed by atoms with Crippen LogP contribution in [0.4, 0.5) is 4.39 Å². The van der Waals surface area contributed by atoms with Crippen LogP contribution in [0.5, 0.6) is 11.5 Å². The summed E-state index contributed by atoms with van der Waals surface area (Å²) in [6, 6.07) is 11.0. The fraction of sp³-hybridized carbons (Fsp3) is 0.133. The highest BCUT2D eigenvalue weighted by molar-refractivity contribution is 5.97. The molecular formula is C15H13FO3. The van der Waals surface area contributed by atoms with E-state index >= 15 is 0 Å². The van der Waals surface area contributed by atoms with Crippen LogP contribution >= 0.6 is 0 Å². The monoisotopic (exact) mass is 260 g/mol. The average Bonchev–Trinajstić information content (AvgIpc) is 2.39. The molecule has 0 bridgehead atoms. The maximum atomic E-state index is 13.6. The van der Waals surface area contributed by atoms with Crippen LogP contribution in [0.15, 0.2) is 42.5 Å². The summed E-state index contributed by atoms with van der Waals surface area (Å²) in [6.45, 7) is 1.09. The van der Waals surface area contributed by atoms with E-state index in [-0.39, 0.29) is 17.9 Å². The van der Waals surface area contributed by atoms with Gasteiger partial charge in [-0.3, -0.25) is 4.79 Å². The molecule has 0 saturated heterocycles. The molecule has 19 heavy (non-hydrogen) atoms. The van der Waals surface area contributed by atoms with E-state index in [1.807, 2.05) is 0 Å². The topological polar surface area (TPSA) is 46.5 Å². The van der Waals surface area contributed by atoms with E-state index in [0.29, 0.717) is 11.3 Å². The molecule has 0 amide bonds. The van der Waals surface area contributed by atoms with Gasteiger partial charge < -0.3 is 9.84 Å². The Labute approximate surface area is 110 Å². The number of Topliss-reactive ketones (excluding diaryl/α,β-unsaturated/α-hetero) is 1. The Bertz CT molecular complexity index is 608. The second-order valence-electron chi connectivity index (χ2n) is 4.04. The number of aliphatic hydroxyl groups is 1. The summed E-state index contributed by atoms with van der Waals surface area (Å²) in [4.78, 5) is 11.5. The normalized spacial score (nSPS) is 10.3. The number of rotatable bonds is 4. The summed E-state index contributed by atoms with van der Waals surface area (Å²) < 4.78 is 19.2. The van der Waals surface area contributed by atoms with Crippen molar-refractivity contribution >= 4 is 5.78 Å². The average molecular weight is 260 g/mol. The lowest BCUT2D eigenvalue weighted by atomic mass is 10.1. The van der Waals surface area contributed by atoms with Gasteiger partial charge in [-0.05, 0) is 25.1 Å². The summed E-state index contributed by atoms with van der Waals surface area (Å²) >= 11 is 0. The molecule has 2 aromatic rings. The second-order valence-corrected chi connectivity index (χ2v) is 4.04. The van der Waals surface area contributed by atoms with Crippen LogP contribution < -0.4 is 4.74 Å². The van der Waals surface area contributed by atoms with Crippen molar-refractivity contribution in [3.05, 3.63) is 59.4 Å². The standard InChI is InChI=1S/C15H13FO3/c1-10(18)15-12(16)6-4-8-14(15)19-13-7-3-2-5-11(13)9-17/h2-8,17H,9H2,1H3. The third kappa shape index (κ3) is 2.80. The molecule has 0 fully saturated rings. The molecule has 0 aliphatic heterocycles. The zero-order valence-corrected chi connectivity index (χ0v) is 10.4. The van der Waals surface area contributed by atoms with Gasteiger partial charge in [-0.25, -0.2) is 4.39 Å². The lowest BCUT2D eigenvalue weighted by Crippen LogP contribution is -2.01. The fourth-order valence-corrected chi connectivity index (χ4v) is 1.78. The summed E-state index contributed by atoms with van der Waals surface area (Å²) in [5, 5.41) is 9.21. The molecule has 0 spiro atoms. The fourth-order valence-electron chi connectivity index (χ4n) is 1.78. The van der Waals surface area contributed by atoms with Gasteiger partial charge in [0, 0.05) is 5.56 Å². The summed E-state index contributed by atoms with van der Waals surface area (Å²) in [7, 11) is 0. The van der Waals surface area contributed by atoms with Crippen LogP contribution in [0, 0.1) is 5.82 Å². The maximum Gasteiger partial charge on any atom is 0.166 e. The molecule has 0 aromatic heterocycles. The van der Waals surface area contributed by atoms with Gasteiger partial charge >= 0.3 is 0 Å². The van der Waals surface area contributed by atoms with Crippen LogP contribution in [0.1, 0.15) is 22.8 Å². The van der Waals surface area contributed by atoms with Crippen molar-refractivity contribution in [3.63, 3.8) is 0 Å². The van der Waals surface area contributed by atoms with Gasteiger partial charge in [-0.15, -0.1) is 0 Å². The second kappa shape index (κ2) is 5.63. The molecule has 3 nitrogen and oxygen atoms in total. The van der Waals surface area contributed by atoms with E-state index < -0.39 is 11.6 Å². The van der Waals surface area contributed by atoms with Crippen molar-refractivity contribution in [2.75, 3.05) is 0 Å². The van der Waals surface area contributed by atoms with Crippen LogP contribution in [0.3, 0.4) is 0 Å². The van der Waals surface area contributed by atoms with Crippen molar-refractivity contribution < 1.29 is 19.0 Å². The molecule has 0 atom stereocenters. The van der Waals surface area contributed by atoms with Gasteiger partial charge in [-0.2, -0.15) is 0 Å². The number of halogens is 1. The summed E-state index contributed by atoms with van der Waals surface area (Å²) in [5.41, 5.74) is 0.483. The summed E-state index contributed by atoms with van der Waals surface area (Å²) in [5.74, 6) is -0.479. The molecule has 0 aliphatic carbocycles. The van der Waals surface area contributed by atoms with E-state index in [2.05, 4.69) is 0 Å². The van der Waals surface area contributed by atoms with Crippen molar-refractivity contribution in [2.24, 2.45) is 0 Å². The molecule has 98 valence electrons. The number of carbonyl (C=O) groups is 1. The number of ketones is 1. The summed E-state index contributed by atoms with van der Waals surface area (Å²) in [6.07, 6.45) is 0. The van der Waals surface area contributed by atoms with E-state index in [0.717, 1.165) is 0 Å². The Hall–Kier alpha value is -2.20. The lowest BCUT2D eigenvalue weighted by Gasteiger charge is -2.12. The van der Waals surface area contributed by atoms with Gasteiger partial charge in [-0.1, -0.05) is 24.3 Å². The predicted octanol–water partition coefficient (Wildman–Crippen LogP) is 3.31. The Kier molecular flexibility index (Phi) is 3.92. The first kappa shape index (κ1) is 13.2. The van der Waals surface area contributed by atoms with Gasteiger partial charge in [0.05, 0.1) is 12.2 Å². The molecule has 0 radical (unpaired) electrons. The van der Waals surface area contributed by atoms with Crippen LogP contribution in [-0.2, 0) is 6.61 Å². The number of benzene rings is 2. The van der Waals surface area contributed by atoms with Crippen molar-refractivity contribution in [1.29, 1.82) is 0 Å². The quantitative estimate of drug-likeness (QED) is 0.858. The highest BCUT2D eigenvalue weighted by Crippen LogP contribution is 2.29. The maximum absolute atomic E-state index is 13.6. The Balaban J connectivity index is 2.44. The molecule has 0 unspecified atom stereocenters. The largest absolute Gasteiger partial charge is 0.456 e. The minimum absolute atomic E-state index is 0.0877. The number of hydrogen-bond acceptors (Lipinski definition) is 3. The van der Waals surface area contributed by atoms with Gasteiger partial charge in [0.25, 0.3) is 0 Å². The first-order valence-corrected chi connectivity index (χ1v) is 5.79. The van der Waals surface area contributed by atoms with Crippen molar-refractivity contribution in [2.45, 2.75) is 13.5 Å². The molecule has 0 aliphatic rings. The predicted molar refractivity (Wildman–Crippen MR) is 68.8 cm³/mol. The zero-order valence-electron chi connectivity index (χ0n) is 10.4. The molecule has 0 heterocycles. The number of para-hydroxylation sites is 1. The van der Waals surface area contributed by atoms with Crippen LogP contribution in [-0.4, -0.2) is 10.9 Å². The third-order valence-corrected chi connectivity index (χ3v) is 2.69. The highest BCUT2D eigenvalue weighted by atomic mass is 19.1. The number of aliphatic hydroxyl groups excluding tert-OH is 1. The smallest absolute Gasteiger partial charge is 0.166 e. The Morgan fingerprint density at radius 3 is 2.53 bits per heavy atom. The molecule has 1 N–H and O–H groups in total. The Morgan fingerprint density at radius 2 is 1.84 bits per heavy atom. The van der Waals surface area contributed by atoms with E-state index in [9.17, 15) is 14.3 Å². The zero-order chi connectivity index (χ0) is 13.8. The first-order chi connectivity index (χ1) is 9.13. The first-order valence-electron chi connectivity index (χ1n) is 5.79. The van der Waals surface area contributed by atoms with Crippen LogP contribution in [0.2, 0.25) is 0 Å². The molecule has 2 aromatic carbocycles. The highest BCUT2D eigenvalue weighted by Gasteiger charge is 2.15. The van der Waals surface area contributed by atoms with Crippen molar-refractivity contribution in [3.8, 4) is 11.5 Å². The molecular weight excluding hydrogens is 247 g/mol. The van der Waals surface area contributed by atoms with Crippen molar-refractivity contribution in [1.82, 2.24) is 0 Å². The van der Waals surface area contributed by atoms with Crippen LogP contribution in [0.25, 0.3) is 0 Å². The van der Waals surface area contributed by atoms with Gasteiger partial charge in [0.15, 0.2) is 5.78 Å². The third-order valence-electron chi connectivity index (χ3n) is 2.69. The SMILES string of the molecule is CC(=O)c1c(F)cccc1Oc1ccccc1CO. The van der Waals surface area contributed by atoms with E-state index in [1.165, 1.54) is 25.1 Å². The number of hydrogen-bond donors (Lipinski definition) is 1. The van der Waals surface area contributed by atoms with Gasteiger partial charge in [0.2, 0.25) is 0 Å². The molecule has 4 heteroatoms. The molecule has 2 rings (SSSR count). The minimum atomic E-state index is -0.619. The van der Waals surface area contributed by atoms with E-state index in [1.54, 1.807) is 24.3 Å². The number of ether oxygens (including phenoxy) is 1. The molecule has 0 saturated carbocycles.